The van der Waals surface area contributed by atoms with Gasteiger partial charge in [-0.2, -0.15) is 0 Å². The van der Waals surface area contributed by atoms with Gasteiger partial charge in [-0.1, -0.05) is 50.5 Å². The van der Waals surface area contributed by atoms with Crippen molar-refractivity contribution in [1.29, 1.82) is 0 Å². The third kappa shape index (κ3) is 2.69. The molecule has 166 valence electrons. The van der Waals surface area contributed by atoms with Gasteiger partial charge in [0, 0.05) is 24.7 Å². The van der Waals surface area contributed by atoms with E-state index in [9.17, 15) is 14.4 Å². The third-order valence-corrected chi connectivity index (χ3v) is 9.33. The second-order valence-electron chi connectivity index (χ2n) is 10.8. The van der Waals surface area contributed by atoms with Gasteiger partial charge in [0.25, 0.3) is 0 Å². The summed E-state index contributed by atoms with van der Waals surface area (Å²) < 4.78 is 5.71. The van der Waals surface area contributed by atoms with Crippen LogP contribution in [0.15, 0.2) is 34.4 Å². The van der Waals surface area contributed by atoms with Crippen LogP contribution in [0.1, 0.15) is 85.0 Å². The molecule has 5 aliphatic rings. The number of ketones is 2. The van der Waals surface area contributed by atoms with Crippen LogP contribution in [-0.2, 0) is 19.1 Å². The highest BCUT2D eigenvalue weighted by Crippen LogP contribution is 2.70. The van der Waals surface area contributed by atoms with E-state index in [1.54, 1.807) is 0 Å². The summed E-state index contributed by atoms with van der Waals surface area (Å²) in [6.07, 6.45) is 12.2. The van der Waals surface area contributed by atoms with Gasteiger partial charge in [-0.05, 0) is 55.1 Å². The van der Waals surface area contributed by atoms with Gasteiger partial charge >= 0.3 is 5.97 Å². The molecule has 2 fully saturated rings. The van der Waals surface area contributed by atoms with Crippen LogP contribution in [-0.4, -0.2) is 24.1 Å². The molecule has 2 unspecified atom stereocenters. The quantitative estimate of drug-likeness (QED) is 0.345. The molecule has 4 nitrogen and oxygen atoms in total. The van der Waals surface area contributed by atoms with Gasteiger partial charge in [-0.3, -0.25) is 14.4 Å². The number of carbonyl (C=O) groups is 3. The predicted molar refractivity (Wildman–Crippen MR) is 118 cm³/mol. The number of rotatable bonds is 4. The molecule has 1 spiro atoms. The molecule has 5 aliphatic carbocycles. The highest BCUT2D eigenvalue weighted by molar-refractivity contribution is 5.96. The van der Waals surface area contributed by atoms with Gasteiger partial charge in [-0.15, -0.1) is 0 Å². The van der Waals surface area contributed by atoms with E-state index in [2.05, 4.69) is 26.8 Å². The number of unbranched alkanes of at least 4 members (excludes halogenated alkanes) is 1. The Morgan fingerprint density at radius 3 is 2.71 bits per heavy atom. The van der Waals surface area contributed by atoms with E-state index in [0.29, 0.717) is 31.7 Å². The summed E-state index contributed by atoms with van der Waals surface area (Å²) in [6, 6.07) is 0. The number of hydrogen-bond donors (Lipinski definition) is 0. The van der Waals surface area contributed by atoms with E-state index in [0.717, 1.165) is 61.7 Å². The number of ether oxygens (including phenoxy) is 1. The lowest BCUT2D eigenvalue weighted by Gasteiger charge is -2.51. The zero-order chi connectivity index (χ0) is 22.0. The second-order valence-corrected chi connectivity index (χ2v) is 10.8. The molecule has 0 amide bonds. The van der Waals surface area contributed by atoms with Crippen LogP contribution in [0, 0.1) is 22.2 Å². The third-order valence-electron chi connectivity index (χ3n) is 9.33. The zero-order valence-electron chi connectivity index (χ0n) is 19.1. The summed E-state index contributed by atoms with van der Waals surface area (Å²) in [4.78, 5) is 39.0. The van der Waals surface area contributed by atoms with Crippen LogP contribution < -0.4 is 0 Å². The minimum absolute atomic E-state index is 0.0258. The maximum atomic E-state index is 13.3. The summed E-state index contributed by atoms with van der Waals surface area (Å²) in [5.41, 5.74) is 3.97. The number of esters is 1. The van der Waals surface area contributed by atoms with Crippen LogP contribution in [0.25, 0.3) is 0 Å². The average Bonchev–Trinajstić information content (AvgIpc) is 3.18. The standard InChI is InChI=1S/C27H34O4/c1-4-5-14-31-24(30)19-16-17-15-18(28)6-12-26(17,3)20-8-13-27-21(23(19)20)7-10-25(27,2)11-9-22(27)29/h7,16,19H,4-6,8-15H2,1-3H3/t19-,25+,26?,27?/m1/s1. The number of fused-ring (bicyclic) bond motifs is 3. The molecule has 0 heterocycles. The first kappa shape index (κ1) is 20.9. The molecule has 4 heteroatoms. The largest absolute Gasteiger partial charge is 0.465 e. The maximum Gasteiger partial charge on any atom is 0.317 e. The fourth-order valence-electron chi connectivity index (χ4n) is 7.37. The summed E-state index contributed by atoms with van der Waals surface area (Å²) in [7, 11) is 0. The Hall–Kier alpha value is -1.97. The van der Waals surface area contributed by atoms with Crippen molar-refractivity contribution in [2.24, 2.45) is 22.2 Å². The molecular weight excluding hydrogens is 388 g/mol. The fraction of sp³-hybridized carbons (Fsp3) is 0.667. The number of allylic oxidation sites excluding steroid dienone is 4. The van der Waals surface area contributed by atoms with Crippen molar-refractivity contribution in [1.82, 2.24) is 0 Å². The molecule has 0 radical (unpaired) electrons. The van der Waals surface area contributed by atoms with Crippen molar-refractivity contribution < 1.29 is 19.1 Å². The summed E-state index contributed by atoms with van der Waals surface area (Å²) in [6.45, 7) is 7.03. The summed E-state index contributed by atoms with van der Waals surface area (Å²) in [5, 5.41) is 0. The lowest BCUT2D eigenvalue weighted by atomic mass is 9.51. The Bertz CT molecular complexity index is 966. The smallest absolute Gasteiger partial charge is 0.317 e. The Kier molecular flexibility index (Phi) is 4.73. The van der Waals surface area contributed by atoms with Crippen molar-refractivity contribution >= 4 is 17.5 Å². The van der Waals surface area contributed by atoms with Gasteiger partial charge in [0.05, 0.1) is 12.0 Å². The molecule has 0 N–H and O–H groups in total. The molecule has 0 saturated heterocycles. The van der Waals surface area contributed by atoms with E-state index in [-0.39, 0.29) is 22.6 Å². The van der Waals surface area contributed by atoms with Crippen molar-refractivity contribution in [3.8, 4) is 0 Å². The van der Waals surface area contributed by atoms with Gasteiger partial charge < -0.3 is 4.74 Å². The number of Topliss-reactive ketones (excluding diaryl/α,β-unsaturated/α-hetero) is 2. The van der Waals surface area contributed by atoms with Crippen LogP contribution >= 0.6 is 0 Å². The molecular formula is C27H34O4. The van der Waals surface area contributed by atoms with Crippen molar-refractivity contribution in [2.75, 3.05) is 6.61 Å². The van der Waals surface area contributed by atoms with E-state index >= 15 is 0 Å². The SMILES string of the molecule is CCCCOC(=O)[C@@H]1C=C2CC(=O)CCC2(C)C2=C1C1=CC[C@@]3(C)CCC(=O)C13CC2. The Labute approximate surface area is 185 Å². The molecule has 2 saturated carbocycles. The minimum Gasteiger partial charge on any atom is -0.465 e. The lowest BCUT2D eigenvalue weighted by molar-refractivity contribution is -0.146. The van der Waals surface area contributed by atoms with Crippen LogP contribution in [0.4, 0.5) is 0 Å². The summed E-state index contributed by atoms with van der Waals surface area (Å²) >= 11 is 0. The fourth-order valence-corrected chi connectivity index (χ4v) is 7.37. The highest BCUT2D eigenvalue weighted by atomic mass is 16.5. The van der Waals surface area contributed by atoms with Gasteiger partial charge in [-0.25, -0.2) is 0 Å². The van der Waals surface area contributed by atoms with Crippen molar-refractivity contribution in [3.63, 3.8) is 0 Å². The first-order valence-electron chi connectivity index (χ1n) is 12.1. The van der Waals surface area contributed by atoms with E-state index in [1.807, 2.05) is 6.08 Å². The first-order valence-corrected chi connectivity index (χ1v) is 12.1. The molecule has 5 rings (SSSR count). The molecule has 31 heavy (non-hydrogen) atoms. The van der Waals surface area contributed by atoms with E-state index in [1.165, 1.54) is 5.57 Å². The van der Waals surface area contributed by atoms with Crippen LogP contribution in [0.3, 0.4) is 0 Å². The molecule has 0 aromatic carbocycles. The van der Waals surface area contributed by atoms with Crippen LogP contribution in [0.5, 0.6) is 0 Å². The molecule has 0 bridgehead atoms. The van der Waals surface area contributed by atoms with Gasteiger partial charge in [0.15, 0.2) is 0 Å². The number of hydrogen-bond acceptors (Lipinski definition) is 4. The second kappa shape index (κ2) is 7.02. The Morgan fingerprint density at radius 2 is 1.94 bits per heavy atom. The maximum absolute atomic E-state index is 13.3. The molecule has 0 aliphatic heterocycles. The predicted octanol–water partition coefficient (Wildman–Crippen LogP) is 5.42. The topological polar surface area (TPSA) is 60.4 Å². The molecule has 0 aromatic rings. The Balaban J connectivity index is 1.63. The normalized spacial score (nSPS) is 38.7. The van der Waals surface area contributed by atoms with Gasteiger partial charge in [0.1, 0.15) is 17.5 Å². The average molecular weight is 423 g/mol. The molecule has 0 aromatic heterocycles. The van der Waals surface area contributed by atoms with Crippen LogP contribution in [0.2, 0.25) is 0 Å². The van der Waals surface area contributed by atoms with E-state index < -0.39 is 11.3 Å². The van der Waals surface area contributed by atoms with E-state index in [4.69, 9.17) is 4.74 Å². The monoisotopic (exact) mass is 422 g/mol. The van der Waals surface area contributed by atoms with Crippen molar-refractivity contribution in [2.45, 2.75) is 85.0 Å². The highest BCUT2D eigenvalue weighted by Gasteiger charge is 2.65. The van der Waals surface area contributed by atoms with Crippen molar-refractivity contribution in [3.05, 3.63) is 34.4 Å². The minimum atomic E-state index is -0.486. The Morgan fingerprint density at radius 1 is 1.13 bits per heavy atom. The summed E-state index contributed by atoms with van der Waals surface area (Å²) in [5.74, 6) is -0.0792. The zero-order valence-corrected chi connectivity index (χ0v) is 19.1. The first-order chi connectivity index (χ1) is 14.8. The molecule has 4 atom stereocenters. The van der Waals surface area contributed by atoms with Gasteiger partial charge in [0.2, 0.25) is 0 Å². The number of carbonyl (C=O) groups excluding carboxylic acids is 3. The lowest BCUT2D eigenvalue weighted by Crippen LogP contribution is -2.46.